The van der Waals surface area contributed by atoms with Crippen LogP contribution in [0.4, 0.5) is 0 Å². The molecule has 110 valence electrons. The molecule has 1 heterocycles. The Balaban J connectivity index is 2.31. The molecule has 1 saturated heterocycles. The van der Waals surface area contributed by atoms with E-state index >= 15 is 0 Å². The molecule has 1 amide bonds. The molecular weight excluding hydrogens is 378 g/mol. The summed E-state index contributed by atoms with van der Waals surface area (Å²) in [6.45, 7) is -0.689. The van der Waals surface area contributed by atoms with Crippen LogP contribution < -0.4 is 0 Å². The van der Waals surface area contributed by atoms with Crippen molar-refractivity contribution in [3.8, 4) is 0 Å². The van der Waals surface area contributed by atoms with E-state index in [-0.39, 0.29) is 4.32 Å². The summed E-state index contributed by atoms with van der Waals surface area (Å²) in [6, 6.07) is 5.97. The number of rotatable bonds is 4. The molecule has 0 radical (unpaired) electrons. The molecule has 0 saturated carbocycles. The van der Waals surface area contributed by atoms with E-state index in [9.17, 15) is 9.59 Å². The Labute approximate surface area is 138 Å². The molecule has 0 spiro atoms. The molecule has 1 aliphatic rings. The Morgan fingerprint density at radius 2 is 2.24 bits per heavy atom. The SMILES string of the molecule is O=C(O)[C@@H](CO)N1C(=O)/C(=C/c2cccc(Br)c2)SC1=S. The van der Waals surface area contributed by atoms with E-state index in [1.54, 1.807) is 6.08 Å². The predicted octanol–water partition coefficient (Wildman–Crippen LogP) is 2.10. The van der Waals surface area contributed by atoms with Gasteiger partial charge >= 0.3 is 5.97 Å². The minimum Gasteiger partial charge on any atom is -0.480 e. The predicted molar refractivity (Wildman–Crippen MR) is 87.7 cm³/mol. The van der Waals surface area contributed by atoms with Gasteiger partial charge in [-0.2, -0.15) is 0 Å². The number of benzene rings is 1. The minimum atomic E-state index is -1.36. The highest BCUT2D eigenvalue weighted by Crippen LogP contribution is 2.34. The van der Waals surface area contributed by atoms with Crippen molar-refractivity contribution in [3.63, 3.8) is 0 Å². The van der Waals surface area contributed by atoms with Crippen LogP contribution in [-0.2, 0) is 9.59 Å². The van der Waals surface area contributed by atoms with Crippen molar-refractivity contribution in [2.24, 2.45) is 0 Å². The number of thioether (sulfide) groups is 1. The summed E-state index contributed by atoms with van der Waals surface area (Å²) >= 11 is 9.40. The highest BCUT2D eigenvalue weighted by atomic mass is 79.9. The zero-order valence-corrected chi connectivity index (χ0v) is 13.7. The zero-order valence-electron chi connectivity index (χ0n) is 10.5. The van der Waals surface area contributed by atoms with Crippen LogP contribution in [-0.4, -0.2) is 44.0 Å². The first-order valence-electron chi connectivity index (χ1n) is 5.80. The van der Waals surface area contributed by atoms with E-state index in [4.69, 9.17) is 22.4 Å². The molecule has 1 atom stereocenters. The minimum absolute atomic E-state index is 0.127. The number of nitrogens with zero attached hydrogens (tertiary/aromatic N) is 1. The molecule has 5 nitrogen and oxygen atoms in total. The average Bonchev–Trinajstić information content (AvgIpc) is 2.67. The summed E-state index contributed by atoms with van der Waals surface area (Å²) in [5, 5.41) is 18.2. The van der Waals surface area contributed by atoms with Crippen LogP contribution in [0.3, 0.4) is 0 Å². The second-order valence-corrected chi connectivity index (χ2v) is 6.73. The van der Waals surface area contributed by atoms with Crippen molar-refractivity contribution in [1.82, 2.24) is 4.90 Å². The van der Waals surface area contributed by atoms with E-state index in [1.165, 1.54) is 0 Å². The maximum atomic E-state index is 12.3. The summed E-state index contributed by atoms with van der Waals surface area (Å²) < 4.78 is 0.994. The number of carbonyl (C=O) groups is 2. The van der Waals surface area contributed by atoms with Gasteiger partial charge in [-0.1, -0.05) is 52.0 Å². The number of carboxylic acid groups (broad SMARTS) is 1. The second-order valence-electron chi connectivity index (χ2n) is 4.14. The average molecular weight is 388 g/mol. The third kappa shape index (κ3) is 3.52. The molecule has 0 aromatic heterocycles. The van der Waals surface area contributed by atoms with Crippen molar-refractivity contribution >= 4 is 62.2 Å². The van der Waals surface area contributed by atoms with Gasteiger partial charge < -0.3 is 10.2 Å². The molecule has 2 N–H and O–H groups in total. The Morgan fingerprint density at radius 3 is 2.81 bits per heavy atom. The summed E-state index contributed by atoms with van der Waals surface area (Å²) in [5.41, 5.74) is 0.792. The Kier molecular flexibility index (Phi) is 5.15. The van der Waals surface area contributed by atoms with Crippen LogP contribution in [0.25, 0.3) is 6.08 Å². The van der Waals surface area contributed by atoms with E-state index < -0.39 is 24.5 Å². The van der Waals surface area contributed by atoms with Crippen molar-refractivity contribution < 1.29 is 19.8 Å². The number of aliphatic hydroxyl groups is 1. The largest absolute Gasteiger partial charge is 0.480 e. The fourth-order valence-electron chi connectivity index (χ4n) is 1.77. The van der Waals surface area contributed by atoms with Crippen molar-refractivity contribution in [2.75, 3.05) is 6.61 Å². The first kappa shape index (κ1) is 16.2. The smallest absolute Gasteiger partial charge is 0.329 e. The standard InChI is InChI=1S/C13H10BrNO4S2/c14-8-3-1-2-7(4-8)5-10-11(17)15(13(20)21-10)9(6-16)12(18)19/h1-5,9,16H,6H2,(H,18,19)/b10-5-/t9-/m1/s1. The van der Waals surface area contributed by atoms with Crippen LogP contribution in [0.15, 0.2) is 33.6 Å². The molecule has 1 aromatic carbocycles. The van der Waals surface area contributed by atoms with Gasteiger partial charge in [0.1, 0.15) is 4.32 Å². The van der Waals surface area contributed by atoms with E-state index in [2.05, 4.69) is 15.9 Å². The topological polar surface area (TPSA) is 77.8 Å². The van der Waals surface area contributed by atoms with Crippen LogP contribution in [0.5, 0.6) is 0 Å². The molecule has 0 aliphatic carbocycles. The lowest BCUT2D eigenvalue weighted by molar-refractivity contribution is -0.146. The third-order valence-electron chi connectivity index (χ3n) is 2.74. The van der Waals surface area contributed by atoms with Gasteiger partial charge in [-0.05, 0) is 23.8 Å². The Bertz CT molecular complexity index is 647. The van der Waals surface area contributed by atoms with Crippen LogP contribution >= 0.6 is 39.9 Å². The number of carbonyl (C=O) groups excluding carboxylic acids is 1. The second kappa shape index (κ2) is 6.69. The van der Waals surface area contributed by atoms with Gasteiger partial charge in [-0.3, -0.25) is 9.69 Å². The molecule has 1 fully saturated rings. The Morgan fingerprint density at radius 1 is 1.52 bits per heavy atom. The molecule has 2 rings (SSSR count). The lowest BCUT2D eigenvalue weighted by Gasteiger charge is -2.20. The van der Waals surface area contributed by atoms with Gasteiger partial charge in [0.25, 0.3) is 5.91 Å². The summed E-state index contributed by atoms with van der Waals surface area (Å²) in [4.78, 5) is 24.6. The van der Waals surface area contributed by atoms with Crippen molar-refractivity contribution in [1.29, 1.82) is 0 Å². The Hall–Kier alpha value is -1.22. The molecule has 0 bridgehead atoms. The third-order valence-corrected chi connectivity index (χ3v) is 4.56. The number of halogens is 1. The summed E-state index contributed by atoms with van der Waals surface area (Å²) in [6.07, 6.45) is 1.64. The number of thiocarbonyl (C=S) groups is 1. The molecule has 0 unspecified atom stereocenters. The van der Waals surface area contributed by atoms with Crippen LogP contribution in [0, 0.1) is 0 Å². The lowest BCUT2D eigenvalue weighted by Crippen LogP contribution is -2.46. The fraction of sp³-hybridized carbons (Fsp3) is 0.154. The number of carboxylic acids is 1. The van der Waals surface area contributed by atoms with E-state index in [0.717, 1.165) is 26.7 Å². The molecule has 8 heteroatoms. The first-order valence-corrected chi connectivity index (χ1v) is 7.82. The van der Waals surface area contributed by atoms with Gasteiger partial charge in [0.15, 0.2) is 6.04 Å². The number of aliphatic hydroxyl groups excluding tert-OH is 1. The van der Waals surface area contributed by atoms with Gasteiger partial charge in [0.2, 0.25) is 0 Å². The molecule has 1 aromatic rings. The van der Waals surface area contributed by atoms with Crippen molar-refractivity contribution in [3.05, 3.63) is 39.2 Å². The highest BCUT2D eigenvalue weighted by Gasteiger charge is 2.40. The normalized spacial score (nSPS) is 18.4. The van der Waals surface area contributed by atoms with Gasteiger partial charge in [-0.15, -0.1) is 0 Å². The number of aliphatic carboxylic acids is 1. The lowest BCUT2D eigenvalue weighted by atomic mass is 10.2. The monoisotopic (exact) mass is 387 g/mol. The highest BCUT2D eigenvalue weighted by molar-refractivity contribution is 9.10. The maximum Gasteiger partial charge on any atom is 0.329 e. The number of hydrogen-bond acceptors (Lipinski definition) is 5. The van der Waals surface area contributed by atoms with Gasteiger partial charge in [0, 0.05) is 4.47 Å². The number of amides is 1. The first-order chi connectivity index (χ1) is 9.93. The van der Waals surface area contributed by atoms with Gasteiger partial charge in [0.05, 0.1) is 11.5 Å². The van der Waals surface area contributed by atoms with Crippen LogP contribution in [0.1, 0.15) is 5.56 Å². The van der Waals surface area contributed by atoms with Gasteiger partial charge in [-0.25, -0.2) is 4.79 Å². The van der Waals surface area contributed by atoms with E-state index in [0.29, 0.717) is 4.91 Å². The number of hydrogen-bond donors (Lipinski definition) is 2. The molecule has 21 heavy (non-hydrogen) atoms. The van der Waals surface area contributed by atoms with Crippen LogP contribution in [0.2, 0.25) is 0 Å². The molecule has 1 aliphatic heterocycles. The summed E-state index contributed by atoms with van der Waals surface area (Å²) in [5.74, 6) is -1.80. The van der Waals surface area contributed by atoms with Crippen molar-refractivity contribution in [2.45, 2.75) is 6.04 Å². The fourth-order valence-corrected chi connectivity index (χ4v) is 3.54. The maximum absolute atomic E-state index is 12.3. The zero-order chi connectivity index (χ0) is 15.6. The quantitative estimate of drug-likeness (QED) is 0.608. The summed E-state index contributed by atoms with van der Waals surface area (Å²) in [7, 11) is 0. The molecular formula is C13H10BrNO4S2. The van der Waals surface area contributed by atoms with E-state index in [1.807, 2.05) is 24.3 Å².